The number of ether oxygens (including phenoxy) is 1. The number of rotatable bonds is 5. The molecular formula is C12H12FN3O5S. The first kappa shape index (κ1) is 15.9. The molecule has 0 amide bonds. The highest BCUT2D eigenvalue weighted by Gasteiger charge is 2.23. The number of hydrogen-bond acceptors (Lipinski definition) is 6. The van der Waals surface area contributed by atoms with Crippen molar-refractivity contribution in [2.75, 3.05) is 12.9 Å². The van der Waals surface area contributed by atoms with E-state index < -0.39 is 26.5 Å². The number of halogens is 1. The monoisotopic (exact) mass is 329 g/mol. The predicted molar refractivity (Wildman–Crippen MR) is 75.7 cm³/mol. The summed E-state index contributed by atoms with van der Waals surface area (Å²) in [7, 11) is -2.38. The van der Waals surface area contributed by atoms with Crippen molar-refractivity contribution in [3.05, 3.63) is 40.5 Å². The largest absolute Gasteiger partial charge is 0.490 e. The fourth-order valence-corrected chi connectivity index (χ4v) is 2.54. The molecule has 22 heavy (non-hydrogen) atoms. The van der Waals surface area contributed by atoms with Gasteiger partial charge in [0.25, 0.3) is 10.0 Å². The van der Waals surface area contributed by atoms with Crippen LogP contribution in [0.15, 0.2) is 24.5 Å². The maximum atomic E-state index is 13.9. The lowest BCUT2D eigenvalue weighted by atomic mass is 10.1. The van der Waals surface area contributed by atoms with E-state index in [2.05, 4.69) is 5.10 Å². The van der Waals surface area contributed by atoms with Crippen LogP contribution in [0.3, 0.4) is 0 Å². The minimum absolute atomic E-state index is 0.147. The van der Waals surface area contributed by atoms with Crippen LogP contribution in [-0.2, 0) is 10.0 Å². The first-order valence-electron chi connectivity index (χ1n) is 6.10. The molecule has 118 valence electrons. The predicted octanol–water partition coefficient (Wildman–Crippen LogP) is 1.80. The van der Waals surface area contributed by atoms with E-state index in [0.717, 1.165) is 10.2 Å². The van der Waals surface area contributed by atoms with Crippen LogP contribution in [0.25, 0.3) is 11.1 Å². The van der Waals surface area contributed by atoms with Crippen LogP contribution in [0.2, 0.25) is 0 Å². The minimum Gasteiger partial charge on any atom is -0.490 e. The van der Waals surface area contributed by atoms with E-state index in [1.54, 1.807) is 0 Å². The molecular weight excluding hydrogens is 317 g/mol. The van der Waals surface area contributed by atoms with Gasteiger partial charge in [-0.3, -0.25) is 10.1 Å². The highest BCUT2D eigenvalue weighted by atomic mass is 32.2. The van der Waals surface area contributed by atoms with Crippen molar-refractivity contribution in [3.63, 3.8) is 0 Å². The summed E-state index contributed by atoms with van der Waals surface area (Å²) >= 11 is 0. The number of methoxy groups -OCH3 is 1. The van der Waals surface area contributed by atoms with E-state index in [0.29, 0.717) is 5.56 Å². The molecule has 0 atom stereocenters. The van der Waals surface area contributed by atoms with Gasteiger partial charge in [-0.2, -0.15) is 13.6 Å². The van der Waals surface area contributed by atoms with E-state index >= 15 is 0 Å². The van der Waals surface area contributed by atoms with E-state index in [-0.39, 0.29) is 17.1 Å². The Morgan fingerprint density at radius 1 is 1.41 bits per heavy atom. The molecule has 8 nitrogen and oxygen atoms in total. The Bertz CT molecular complexity index is 831. The second kappa shape index (κ2) is 5.72. The van der Waals surface area contributed by atoms with E-state index in [1.165, 1.54) is 32.5 Å². The third-order valence-corrected chi connectivity index (χ3v) is 4.47. The van der Waals surface area contributed by atoms with Gasteiger partial charge >= 0.3 is 5.69 Å². The van der Waals surface area contributed by atoms with Crippen molar-refractivity contribution in [1.29, 1.82) is 0 Å². The number of hydrogen-bond donors (Lipinski definition) is 0. The molecule has 0 radical (unpaired) electrons. The molecule has 0 aliphatic rings. The highest BCUT2D eigenvalue weighted by Crippen LogP contribution is 2.35. The Hall–Kier alpha value is -2.49. The molecule has 0 saturated heterocycles. The number of nitro groups is 1. The summed E-state index contributed by atoms with van der Waals surface area (Å²) in [5.41, 5.74) is -0.263. The van der Waals surface area contributed by atoms with E-state index in [9.17, 15) is 22.9 Å². The van der Waals surface area contributed by atoms with Crippen molar-refractivity contribution in [2.45, 2.75) is 6.92 Å². The number of aromatic nitrogens is 2. The summed E-state index contributed by atoms with van der Waals surface area (Å²) < 4.78 is 42.8. The normalized spacial score (nSPS) is 11.4. The van der Waals surface area contributed by atoms with Crippen molar-refractivity contribution in [1.82, 2.24) is 9.19 Å². The summed E-state index contributed by atoms with van der Waals surface area (Å²) in [5.74, 6) is -1.48. The maximum absolute atomic E-state index is 13.9. The zero-order chi connectivity index (χ0) is 16.5. The SMILES string of the molecule is CCS(=O)(=O)n1cc(-c2cc(F)c([N+](=O)[O-])c(OC)c2)cn1. The van der Waals surface area contributed by atoms with Crippen molar-refractivity contribution in [2.24, 2.45) is 0 Å². The standard InChI is InChI=1S/C12H12FN3O5S/c1-3-22(19,20)15-7-9(6-14-15)8-4-10(13)12(16(17)18)11(5-8)21-2/h4-7H,3H2,1-2H3. The van der Waals surface area contributed by atoms with Gasteiger partial charge in [0, 0.05) is 5.56 Å². The van der Waals surface area contributed by atoms with Gasteiger partial charge in [-0.1, -0.05) is 0 Å². The molecule has 0 saturated carbocycles. The Morgan fingerprint density at radius 2 is 2.09 bits per heavy atom. The summed E-state index contributed by atoms with van der Waals surface area (Å²) in [5, 5.41) is 14.5. The fourth-order valence-electron chi connectivity index (χ4n) is 1.81. The molecule has 0 bridgehead atoms. The second-order valence-electron chi connectivity index (χ2n) is 4.27. The van der Waals surface area contributed by atoms with Crippen LogP contribution >= 0.6 is 0 Å². The molecule has 0 spiro atoms. The molecule has 1 aromatic carbocycles. The molecule has 2 rings (SSSR count). The molecule has 2 aromatic rings. The zero-order valence-corrected chi connectivity index (χ0v) is 12.5. The van der Waals surface area contributed by atoms with Gasteiger partial charge in [-0.15, -0.1) is 0 Å². The average molecular weight is 329 g/mol. The maximum Gasteiger partial charge on any atom is 0.346 e. The molecule has 0 aliphatic heterocycles. The summed E-state index contributed by atoms with van der Waals surface area (Å²) in [4.78, 5) is 9.93. The van der Waals surface area contributed by atoms with Crippen molar-refractivity contribution >= 4 is 15.7 Å². The first-order chi connectivity index (χ1) is 10.3. The summed E-state index contributed by atoms with van der Waals surface area (Å²) in [6.45, 7) is 1.46. The van der Waals surface area contributed by atoms with E-state index in [1.807, 2.05) is 0 Å². The Labute approximate surface area is 125 Å². The van der Waals surface area contributed by atoms with Crippen LogP contribution in [0.5, 0.6) is 5.75 Å². The lowest BCUT2D eigenvalue weighted by molar-refractivity contribution is -0.388. The van der Waals surface area contributed by atoms with Gasteiger partial charge in [0.15, 0.2) is 0 Å². The van der Waals surface area contributed by atoms with Crippen LogP contribution in [0, 0.1) is 15.9 Å². The van der Waals surface area contributed by atoms with Gasteiger partial charge in [0.2, 0.25) is 11.6 Å². The van der Waals surface area contributed by atoms with E-state index in [4.69, 9.17) is 4.74 Å². The highest BCUT2D eigenvalue weighted by molar-refractivity contribution is 7.89. The number of nitrogens with zero attached hydrogens (tertiary/aromatic N) is 3. The Morgan fingerprint density at radius 3 is 2.64 bits per heavy atom. The Kier molecular flexibility index (Phi) is 4.13. The lowest BCUT2D eigenvalue weighted by Crippen LogP contribution is -2.14. The molecule has 10 heteroatoms. The summed E-state index contributed by atoms with van der Waals surface area (Å²) in [6.07, 6.45) is 2.44. The van der Waals surface area contributed by atoms with Crippen molar-refractivity contribution < 1.29 is 22.5 Å². The number of nitro benzene ring substituents is 1. The lowest BCUT2D eigenvalue weighted by Gasteiger charge is -2.05. The molecule has 1 aromatic heterocycles. The molecule has 0 aliphatic carbocycles. The molecule has 1 heterocycles. The smallest absolute Gasteiger partial charge is 0.346 e. The average Bonchev–Trinajstić information content (AvgIpc) is 2.96. The third-order valence-electron chi connectivity index (χ3n) is 2.97. The first-order valence-corrected chi connectivity index (χ1v) is 7.71. The quantitative estimate of drug-likeness (QED) is 0.612. The molecule has 0 N–H and O–H groups in total. The van der Waals surface area contributed by atoms with Gasteiger partial charge < -0.3 is 4.74 Å². The minimum atomic E-state index is -3.56. The van der Waals surface area contributed by atoms with Crippen LogP contribution in [0.1, 0.15) is 6.92 Å². The third kappa shape index (κ3) is 2.77. The zero-order valence-electron chi connectivity index (χ0n) is 11.7. The van der Waals surface area contributed by atoms with Crippen LogP contribution in [0.4, 0.5) is 10.1 Å². The Balaban J connectivity index is 2.55. The molecule has 0 unspecified atom stereocenters. The second-order valence-corrected chi connectivity index (χ2v) is 6.38. The van der Waals surface area contributed by atoms with Crippen molar-refractivity contribution in [3.8, 4) is 16.9 Å². The number of benzene rings is 1. The fraction of sp³-hybridized carbons (Fsp3) is 0.250. The van der Waals surface area contributed by atoms with Crippen LogP contribution < -0.4 is 4.74 Å². The van der Waals surface area contributed by atoms with Gasteiger partial charge in [-0.25, -0.2) is 8.42 Å². The van der Waals surface area contributed by atoms with Gasteiger partial charge in [-0.05, 0) is 24.6 Å². The summed E-state index contributed by atoms with van der Waals surface area (Å²) in [6, 6.07) is 2.18. The van der Waals surface area contributed by atoms with Gasteiger partial charge in [0.05, 0.1) is 30.2 Å². The van der Waals surface area contributed by atoms with Gasteiger partial charge in [0.1, 0.15) is 0 Å². The topological polar surface area (TPSA) is 104 Å². The molecule has 0 fully saturated rings. The van der Waals surface area contributed by atoms with Crippen LogP contribution in [-0.4, -0.2) is 35.4 Å².